The lowest BCUT2D eigenvalue weighted by Crippen LogP contribution is -1.97. The standard InChI is InChI=1S/C13H10ClN3S/c1-7-2-3-9-8(6-7)12(15)17-13(16-9)10-4-5-11(14)18-10/h2-6H,1H3,(H2,15,16,17). The number of aromatic nitrogens is 2. The summed E-state index contributed by atoms with van der Waals surface area (Å²) < 4.78 is 0.719. The summed E-state index contributed by atoms with van der Waals surface area (Å²) in [7, 11) is 0. The number of nitrogens with two attached hydrogens (primary N) is 1. The van der Waals surface area contributed by atoms with Crippen LogP contribution in [0.25, 0.3) is 21.6 Å². The fourth-order valence-electron chi connectivity index (χ4n) is 1.81. The van der Waals surface area contributed by atoms with E-state index in [9.17, 15) is 0 Å². The average Bonchev–Trinajstić information content (AvgIpc) is 2.77. The smallest absolute Gasteiger partial charge is 0.172 e. The van der Waals surface area contributed by atoms with Gasteiger partial charge < -0.3 is 5.73 Å². The summed E-state index contributed by atoms with van der Waals surface area (Å²) in [6.45, 7) is 2.02. The Morgan fingerprint density at radius 2 is 2.00 bits per heavy atom. The van der Waals surface area contributed by atoms with E-state index >= 15 is 0 Å². The molecular formula is C13H10ClN3S. The lowest BCUT2D eigenvalue weighted by molar-refractivity contribution is 1.24. The second kappa shape index (κ2) is 4.23. The Morgan fingerprint density at radius 1 is 1.17 bits per heavy atom. The van der Waals surface area contributed by atoms with Crippen LogP contribution in [0.3, 0.4) is 0 Å². The van der Waals surface area contributed by atoms with Crippen molar-refractivity contribution in [3.8, 4) is 10.7 Å². The molecule has 0 bridgehead atoms. The van der Waals surface area contributed by atoms with Crippen molar-refractivity contribution >= 4 is 39.7 Å². The van der Waals surface area contributed by atoms with Crippen LogP contribution >= 0.6 is 22.9 Å². The number of rotatable bonds is 1. The third-order valence-electron chi connectivity index (χ3n) is 2.67. The molecule has 1 aromatic carbocycles. The first kappa shape index (κ1) is 11.4. The van der Waals surface area contributed by atoms with Crippen LogP contribution in [0.15, 0.2) is 30.3 Å². The Hall–Kier alpha value is -1.65. The number of hydrogen-bond donors (Lipinski definition) is 1. The van der Waals surface area contributed by atoms with Crippen LogP contribution in [0, 0.1) is 6.92 Å². The van der Waals surface area contributed by atoms with Gasteiger partial charge >= 0.3 is 0 Å². The maximum Gasteiger partial charge on any atom is 0.172 e. The average molecular weight is 276 g/mol. The van der Waals surface area contributed by atoms with Crippen LogP contribution in [0.2, 0.25) is 4.34 Å². The summed E-state index contributed by atoms with van der Waals surface area (Å²) in [5, 5.41) is 0.890. The van der Waals surface area contributed by atoms with Gasteiger partial charge in [0.15, 0.2) is 5.82 Å². The fourth-order valence-corrected chi connectivity index (χ4v) is 2.79. The molecule has 0 aliphatic heterocycles. The quantitative estimate of drug-likeness (QED) is 0.733. The Kier molecular flexibility index (Phi) is 2.69. The van der Waals surface area contributed by atoms with Gasteiger partial charge in [-0.1, -0.05) is 23.2 Å². The Balaban J connectivity index is 2.24. The van der Waals surface area contributed by atoms with Crippen LogP contribution in [-0.4, -0.2) is 9.97 Å². The molecule has 0 unspecified atom stereocenters. The molecule has 90 valence electrons. The third kappa shape index (κ3) is 1.94. The molecule has 0 aliphatic carbocycles. The van der Waals surface area contributed by atoms with E-state index in [-0.39, 0.29) is 0 Å². The van der Waals surface area contributed by atoms with Crippen molar-refractivity contribution in [1.29, 1.82) is 0 Å². The maximum atomic E-state index is 5.99. The van der Waals surface area contributed by atoms with Gasteiger partial charge in [-0.05, 0) is 31.2 Å². The zero-order valence-corrected chi connectivity index (χ0v) is 11.2. The highest BCUT2D eigenvalue weighted by Crippen LogP contribution is 2.31. The van der Waals surface area contributed by atoms with Crippen LogP contribution in [0.1, 0.15) is 5.56 Å². The number of fused-ring (bicyclic) bond motifs is 1. The molecular weight excluding hydrogens is 266 g/mol. The zero-order chi connectivity index (χ0) is 12.7. The summed E-state index contributed by atoms with van der Waals surface area (Å²) in [6, 6.07) is 9.71. The van der Waals surface area contributed by atoms with E-state index in [1.54, 1.807) is 0 Å². The summed E-state index contributed by atoms with van der Waals surface area (Å²) >= 11 is 7.37. The molecule has 2 aromatic heterocycles. The summed E-state index contributed by atoms with van der Waals surface area (Å²) in [5.74, 6) is 1.13. The topological polar surface area (TPSA) is 51.8 Å². The molecule has 18 heavy (non-hydrogen) atoms. The van der Waals surface area contributed by atoms with Crippen LogP contribution in [0.5, 0.6) is 0 Å². The second-order valence-corrected chi connectivity index (χ2v) is 5.77. The van der Waals surface area contributed by atoms with Crippen LogP contribution in [-0.2, 0) is 0 Å². The largest absolute Gasteiger partial charge is 0.383 e. The molecule has 3 nitrogen and oxygen atoms in total. The van der Waals surface area contributed by atoms with Crippen molar-refractivity contribution < 1.29 is 0 Å². The predicted octanol–water partition coefficient (Wildman–Crippen LogP) is 3.90. The van der Waals surface area contributed by atoms with Crippen molar-refractivity contribution in [2.45, 2.75) is 6.92 Å². The first-order valence-electron chi connectivity index (χ1n) is 5.43. The van der Waals surface area contributed by atoms with E-state index < -0.39 is 0 Å². The fraction of sp³-hybridized carbons (Fsp3) is 0.0769. The molecule has 0 spiro atoms. The van der Waals surface area contributed by atoms with Crippen molar-refractivity contribution in [3.63, 3.8) is 0 Å². The molecule has 3 rings (SSSR count). The highest BCUT2D eigenvalue weighted by atomic mass is 35.5. The highest BCUT2D eigenvalue weighted by Gasteiger charge is 2.09. The molecule has 0 atom stereocenters. The molecule has 2 heterocycles. The normalized spacial score (nSPS) is 11.0. The number of nitrogens with zero attached hydrogens (tertiary/aromatic N) is 2. The number of halogens is 1. The molecule has 0 fully saturated rings. The molecule has 2 N–H and O–H groups in total. The summed E-state index contributed by atoms with van der Waals surface area (Å²) in [6.07, 6.45) is 0. The van der Waals surface area contributed by atoms with E-state index in [0.29, 0.717) is 11.6 Å². The number of thiophene rings is 1. The Bertz CT molecular complexity index is 736. The molecule has 0 aliphatic rings. The second-order valence-electron chi connectivity index (χ2n) is 4.06. The lowest BCUT2D eigenvalue weighted by Gasteiger charge is -2.04. The van der Waals surface area contributed by atoms with Crippen LogP contribution < -0.4 is 5.73 Å². The highest BCUT2D eigenvalue weighted by molar-refractivity contribution is 7.19. The van der Waals surface area contributed by atoms with E-state index in [0.717, 1.165) is 25.7 Å². The Morgan fingerprint density at radius 3 is 2.72 bits per heavy atom. The van der Waals surface area contributed by atoms with Crippen molar-refractivity contribution in [2.24, 2.45) is 0 Å². The number of anilines is 1. The predicted molar refractivity (Wildman–Crippen MR) is 77.0 cm³/mol. The first-order valence-corrected chi connectivity index (χ1v) is 6.62. The number of hydrogen-bond acceptors (Lipinski definition) is 4. The van der Waals surface area contributed by atoms with Crippen LogP contribution in [0.4, 0.5) is 5.82 Å². The van der Waals surface area contributed by atoms with Gasteiger partial charge in [-0.15, -0.1) is 11.3 Å². The number of benzene rings is 1. The van der Waals surface area contributed by atoms with Gasteiger partial charge in [-0.25, -0.2) is 9.97 Å². The van der Waals surface area contributed by atoms with Gasteiger partial charge in [0.2, 0.25) is 0 Å². The van der Waals surface area contributed by atoms with Crippen molar-refractivity contribution in [2.75, 3.05) is 5.73 Å². The van der Waals surface area contributed by atoms with Gasteiger partial charge in [-0.2, -0.15) is 0 Å². The number of nitrogen functional groups attached to an aromatic ring is 1. The maximum absolute atomic E-state index is 5.99. The van der Waals surface area contributed by atoms with E-state index in [4.69, 9.17) is 17.3 Å². The van der Waals surface area contributed by atoms with E-state index in [1.807, 2.05) is 37.3 Å². The van der Waals surface area contributed by atoms with Crippen molar-refractivity contribution in [3.05, 3.63) is 40.2 Å². The van der Waals surface area contributed by atoms with E-state index in [2.05, 4.69) is 9.97 Å². The molecule has 0 saturated heterocycles. The minimum Gasteiger partial charge on any atom is -0.383 e. The summed E-state index contributed by atoms with van der Waals surface area (Å²) in [4.78, 5) is 9.79. The van der Waals surface area contributed by atoms with Crippen molar-refractivity contribution in [1.82, 2.24) is 9.97 Å². The Labute approximate surface area is 113 Å². The number of aryl methyl sites for hydroxylation is 1. The van der Waals surface area contributed by atoms with Gasteiger partial charge in [0.05, 0.1) is 14.7 Å². The van der Waals surface area contributed by atoms with Gasteiger partial charge in [-0.3, -0.25) is 0 Å². The molecule has 3 aromatic rings. The van der Waals surface area contributed by atoms with Gasteiger partial charge in [0, 0.05) is 5.39 Å². The molecule has 0 saturated carbocycles. The summed E-state index contributed by atoms with van der Waals surface area (Å²) in [5.41, 5.74) is 7.99. The molecule has 5 heteroatoms. The monoisotopic (exact) mass is 275 g/mol. The SMILES string of the molecule is Cc1ccc2nc(-c3ccc(Cl)s3)nc(N)c2c1. The van der Waals surface area contributed by atoms with Gasteiger partial charge in [0.25, 0.3) is 0 Å². The lowest BCUT2D eigenvalue weighted by atomic mass is 10.1. The third-order valence-corrected chi connectivity index (χ3v) is 3.90. The minimum atomic E-state index is 0.503. The molecule has 0 radical (unpaired) electrons. The first-order chi connectivity index (χ1) is 8.63. The zero-order valence-electron chi connectivity index (χ0n) is 9.64. The minimum absolute atomic E-state index is 0.503. The van der Waals surface area contributed by atoms with Gasteiger partial charge in [0.1, 0.15) is 5.82 Å². The molecule has 0 amide bonds. The van der Waals surface area contributed by atoms with E-state index in [1.165, 1.54) is 11.3 Å².